The number of rotatable bonds is 0. The van der Waals surface area contributed by atoms with Gasteiger partial charge in [0.05, 0.1) is 16.9 Å². The highest BCUT2D eigenvalue weighted by molar-refractivity contribution is 6.30. The first kappa shape index (κ1) is 7.20. The molecule has 10 heavy (non-hydrogen) atoms. The summed E-state index contributed by atoms with van der Waals surface area (Å²) in [6.45, 7) is 0. The van der Waals surface area contributed by atoms with Crippen LogP contribution >= 0.6 is 23.2 Å². The van der Waals surface area contributed by atoms with Gasteiger partial charge in [-0.1, -0.05) is 0 Å². The number of aliphatic hydroxyl groups excluding tert-OH is 1. The smallest absolute Gasteiger partial charge is 0.0586 e. The van der Waals surface area contributed by atoms with Gasteiger partial charge in [-0.25, -0.2) is 0 Å². The lowest BCUT2D eigenvalue weighted by atomic mass is 9.97. The van der Waals surface area contributed by atoms with Crippen molar-refractivity contribution in [1.29, 1.82) is 0 Å². The van der Waals surface area contributed by atoms with Gasteiger partial charge in [0, 0.05) is 5.92 Å². The molecular formula is C7H10Cl2O. The van der Waals surface area contributed by atoms with Crippen molar-refractivity contribution in [3.8, 4) is 0 Å². The predicted molar refractivity (Wildman–Crippen MR) is 41.5 cm³/mol. The molecule has 2 bridgehead atoms. The minimum absolute atomic E-state index is 0.00965. The Kier molecular flexibility index (Phi) is 1.63. The van der Waals surface area contributed by atoms with E-state index in [0.29, 0.717) is 5.92 Å². The van der Waals surface area contributed by atoms with Crippen molar-refractivity contribution >= 4 is 23.2 Å². The van der Waals surface area contributed by atoms with Gasteiger partial charge in [0.2, 0.25) is 0 Å². The third-order valence-electron chi connectivity index (χ3n) is 2.78. The Morgan fingerprint density at radius 3 is 2.20 bits per heavy atom. The third-order valence-corrected chi connectivity index (χ3v) is 4.13. The third kappa shape index (κ3) is 0.806. The second-order valence-electron chi connectivity index (χ2n) is 3.35. The molecule has 0 amide bonds. The lowest BCUT2D eigenvalue weighted by Gasteiger charge is -2.24. The summed E-state index contributed by atoms with van der Waals surface area (Å²) in [7, 11) is 0. The maximum atomic E-state index is 9.36. The molecule has 0 aromatic carbocycles. The van der Waals surface area contributed by atoms with Crippen LogP contribution in [0.3, 0.4) is 0 Å². The van der Waals surface area contributed by atoms with Gasteiger partial charge in [0.1, 0.15) is 0 Å². The Bertz CT molecular complexity index is 149. The van der Waals surface area contributed by atoms with Crippen molar-refractivity contribution in [1.82, 2.24) is 0 Å². The van der Waals surface area contributed by atoms with E-state index in [1.165, 1.54) is 0 Å². The van der Waals surface area contributed by atoms with Gasteiger partial charge in [0.15, 0.2) is 0 Å². The van der Waals surface area contributed by atoms with Crippen molar-refractivity contribution in [2.75, 3.05) is 0 Å². The molecule has 2 saturated carbocycles. The highest BCUT2D eigenvalue weighted by Gasteiger charge is 2.50. The number of fused-ring (bicyclic) bond motifs is 2. The summed E-state index contributed by atoms with van der Waals surface area (Å²) < 4.78 is 0. The summed E-state index contributed by atoms with van der Waals surface area (Å²) in [5.74, 6) is 0.748. The largest absolute Gasteiger partial charge is 0.393 e. The molecule has 0 saturated heterocycles. The topological polar surface area (TPSA) is 20.2 Å². The normalized spacial score (nSPS) is 59.7. The van der Waals surface area contributed by atoms with E-state index >= 15 is 0 Å². The van der Waals surface area contributed by atoms with Crippen molar-refractivity contribution in [3.05, 3.63) is 0 Å². The Labute approximate surface area is 70.3 Å². The van der Waals surface area contributed by atoms with Gasteiger partial charge in [-0.2, -0.15) is 0 Å². The van der Waals surface area contributed by atoms with Gasteiger partial charge in [0.25, 0.3) is 0 Å². The number of alkyl halides is 2. The van der Waals surface area contributed by atoms with Crippen LogP contribution in [-0.2, 0) is 0 Å². The number of aliphatic hydroxyl groups is 1. The van der Waals surface area contributed by atoms with Crippen molar-refractivity contribution in [2.24, 2.45) is 11.8 Å². The molecule has 2 aliphatic carbocycles. The molecule has 3 heteroatoms. The molecule has 58 valence electrons. The SMILES string of the molecule is OC1CC2CC1C(Cl)C2Cl. The summed E-state index contributed by atoms with van der Waals surface area (Å²) in [5.41, 5.74) is 0. The molecule has 1 nitrogen and oxygen atoms in total. The van der Waals surface area contributed by atoms with Crippen molar-refractivity contribution in [3.63, 3.8) is 0 Å². The Morgan fingerprint density at radius 2 is 1.80 bits per heavy atom. The van der Waals surface area contributed by atoms with Gasteiger partial charge in [-0.05, 0) is 18.8 Å². The highest BCUT2D eigenvalue weighted by Crippen LogP contribution is 2.49. The average Bonchev–Trinajstić information content (AvgIpc) is 2.36. The van der Waals surface area contributed by atoms with E-state index < -0.39 is 0 Å². The fraction of sp³-hybridized carbons (Fsp3) is 1.00. The Hall–Kier alpha value is 0.540. The van der Waals surface area contributed by atoms with Crippen LogP contribution in [0.5, 0.6) is 0 Å². The molecule has 2 fully saturated rings. The molecule has 0 spiro atoms. The minimum atomic E-state index is -0.178. The molecule has 0 aliphatic heterocycles. The second-order valence-corrected chi connectivity index (χ2v) is 4.36. The van der Waals surface area contributed by atoms with Crippen LogP contribution in [0.15, 0.2) is 0 Å². The molecule has 0 aromatic rings. The maximum Gasteiger partial charge on any atom is 0.0586 e. The number of hydrogen-bond donors (Lipinski definition) is 1. The number of halogens is 2. The van der Waals surface area contributed by atoms with E-state index in [4.69, 9.17) is 23.2 Å². The molecule has 0 radical (unpaired) electrons. The lowest BCUT2D eigenvalue weighted by Crippen LogP contribution is -2.32. The first-order valence-electron chi connectivity index (χ1n) is 3.66. The molecule has 0 heterocycles. The summed E-state index contributed by atoms with van der Waals surface area (Å²) in [4.78, 5) is 0. The Balaban J connectivity index is 2.16. The van der Waals surface area contributed by atoms with E-state index in [9.17, 15) is 5.11 Å². The van der Waals surface area contributed by atoms with Gasteiger partial charge < -0.3 is 5.11 Å². The van der Waals surface area contributed by atoms with Crippen LogP contribution in [0.4, 0.5) is 0 Å². The zero-order valence-corrected chi connectivity index (χ0v) is 7.02. The van der Waals surface area contributed by atoms with E-state index in [1.807, 2.05) is 0 Å². The summed E-state index contributed by atoms with van der Waals surface area (Å²) in [5, 5.41) is 9.48. The highest BCUT2D eigenvalue weighted by atomic mass is 35.5. The molecule has 2 rings (SSSR count). The molecular weight excluding hydrogens is 171 g/mol. The van der Waals surface area contributed by atoms with Crippen LogP contribution in [0.2, 0.25) is 0 Å². The van der Waals surface area contributed by atoms with Gasteiger partial charge in [-0.3, -0.25) is 0 Å². The van der Waals surface area contributed by atoms with Gasteiger partial charge in [-0.15, -0.1) is 23.2 Å². The van der Waals surface area contributed by atoms with Gasteiger partial charge >= 0.3 is 0 Å². The fourth-order valence-corrected chi connectivity index (χ4v) is 3.06. The van der Waals surface area contributed by atoms with Crippen LogP contribution in [0.1, 0.15) is 12.8 Å². The molecule has 2 aliphatic rings. The first-order valence-corrected chi connectivity index (χ1v) is 4.53. The summed E-state index contributed by atoms with van der Waals surface area (Å²) >= 11 is 11.9. The second kappa shape index (κ2) is 2.26. The molecule has 5 unspecified atom stereocenters. The maximum absolute atomic E-state index is 9.36. The molecule has 0 aromatic heterocycles. The number of hydrogen-bond acceptors (Lipinski definition) is 1. The van der Waals surface area contributed by atoms with E-state index in [2.05, 4.69) is 0 Å². The predicted octanol–water partition coefficient (Wildman–Crippen LogP) is 1.60. The van der Waals surface area contributed by atoms with Crippen LogP contribution in [0.25, 0.3) is 0 Å². The van der Waals surface area contributed by atoms with Crippen LogP contribution in [0, 0.1) is 11.8 Å². The summed E-state index contributed by atoms with van der Waals surface area (Å²) in [6, 6.07) is 0. The minimum Gasteiger partial charge on any atom is -0.393 e. The zero-order chi connectivity index (χ0) is 7.30. The van der Waals surface area contributed by atoms with Crippen molar-refractivity contribution in [2.45, 2.75) is 29.7 Å². The summed E-state index contributed by atoms with van der Waals surface area (Å²) in [6.07, 6.45) is 1.72. The standard InChI is InChI=1S/C7H10Cl2O/c8-6-3-1-4(7(6)9)5(10)2-3/h3-7,10H,1-2H2. The average molecular weight is 181 g/mol. The fourth-order valence-electron chi connectivity index (χ4n) is 2.19. The Morgan fingerprint density at radius 1 is 1.10 bits per heavy atom. The molecule has 5 atom stereocenters. The first-order chi connectivity index (χ1) is 4.70. The molecule has 1 N–H and O–H groups in total. The van der Waals surface area contributed by atoms with Crippen LogP contribution < -0.4 is 0 Å². The monoisotopic (exact) mass is 180 g/mol. The zero-order valence-electron chi connectivity index (χ0n) is 5.50. The van der Waals surface area contributed by atoms with E-state index in [-0.39, 0.29) is 22.8 Å². The van der Waals surface area contributed by atoms with E-state index in [0.717, 1.165) is 12.8 Å². The lowest BCUT2D eigenvalue weighted by molar-refractivity contribution is 0.117. The quantitative estimate of drug-likeness (QED) is 0.562. The van der Waals surface area contributed by atoms with Crippen molar-refractivity contribution < 1.29 is 5.11 Å². The van der Waals surface area contributed by atoms with E-state index in [1.54, 1.807) is 0 Å². The van der Waals surface area contributed by atoms with Crippen LogP contribution in [-0.4, -0.2) is 22.0 Å².